The van der Waals surface area contributed by atoms with Gasteiger partial charge >= 0.3 is 0 Å². The molecule has 1 aromatic carbocycles. The molecule has 3 aromatic rings. The standard InChI is InChI=1S/C15H9ClFN3O2S2/c16-11-8-4-3-7(17)6-10(8)24-12(11)14(22)20-19-13(21)9-2-1-5-18-15(9)23/h1-6H,(H,18,23)(H,19,21)(H,20,22). The molecular weight excluding hydrogens is 373 g/mol. The molecule has 0 fully saturated rings. The van der Waals surface area contributed by atoms with Crippen molar-refractivity contribution in [2.45, 2.75) is 0 Å². The quantitative estimate of drug-likeness (QED) is 0.466. The van der Waals surface area contributed by atoms with Crippen molar-refractivity contribution in [2.75, 3.05) is 0 Å². The number of benzene rings is 1. The number of fused-ring (bicyclic) bond motifs is 1. The van der Waals surface area contributed by atoms with E-state index in [1.807, 2.05) is 0 Å². The van der Waals surface area contributed by atoms with Gasteiger partial charge in [-0.25, -0.2) is 4.39 Å². The highest BCUT2D eigenvalue weighted by atomic mass is 35.5. The number of carbonyl (C=O) groups is 2. The number of aromatic amines is 1. The first-order valence-corrected chi connectivity index (χ1v) is 8.23. The van der Waals surface area contributed by atoms with Crippen molar-refractivity contribution >= 4 is 57.1 Å². The zero-order valence-corrected chi connectivity index (χ0v) is 14.2. The fourth-order valence-electron chi connectivity index (χ4n) is 2.02. The summed E-state index contributed by atoms with van der Waals surface area (Å²) in [7, 11) is 0. The number of aromatic nitrogens is 1. The summed E-state index contributed by atoms with van der Waals surface area (Å²) < 4.78 is 14.0. The number of nitrogens with one attached hydrogen (secondary N) is 3. The number of hydrogen-bond donors (Lipinski definition) is 3. The van der Waals surface area contributed by atoms with Crippen molar-refractivity contribution in [1.29, 1.82) is 0 Å². The summed E-state index contributed by atoms with van der Waals surface area (Å²) in [5.74, 6) is -1.58. The lowest BCUT2D eigenvalue weighted by atomic mass is 10.2. The van der Waals surface area contributed by atoms with Gasteiger partial charge < -0.3 is 4.98 Å². The summed E-state index contributed by atoms with van der Waals surface area (Å²) in [6, 6.07) is 7.20. The molecule has 0 saturated heterocycles. The van der Waals surface area contributed by atoms with Crippen LogP contribution in [0.3, 0.4) is 0 Å². The lowest BCUT2D eigenvalue weighted by Crippen LogP contribution is -2.41. The maximum Gasteiger partial charge on any atom is 0.281 e. The average Bonchev–Trinajstić information content (AvgIpc) is 2.89. The highest BCUT2D eigenvalue weighted by Gasteiger charge is 2.18. The Balaban J connectivity index is 1.78. The Hall–Kier alpha value is -2.29. The Morgan fingerprint density at radius 1 is 1.21 bits per heavy atom. The fourth-order valence-corrected chi connectivity index (χ4v) is 3.69. The van der Waals surface area contributed by atoms with E-state index in [1.165, 1.54) is 24.3 Å². The highest BCUT2D eigenvalue weighted by molar-refractivity contribution is 7.71. The smallest absolute Gasteiger partial charge is 0.281 e. The Morgan fingerprint density at radius 2 is 1.96 bits per heavy atom. The molecule has 3 N–H and O–H groups in total. The number of hydrazine groups is 1. The Labute approximate surface area is 149 Å². The van der Waals surface area contributed by atoms with Crippen molar-refractivity contribution in [3.8, 4) is 0 Å². The van der Waals surface area contributed by atoms with Crippen LogP contribution in [0.5, 0.6) is 0 Å². The predicted molar refractivity (Wildman–Crippen MR) is 93.4 cm³/mol. The minimum absolute atomic E-state index is 0.177. The number of halogens is 2. The Kier molecular flexibility index (Phi) is 4.61. The second-order valence-corrected chi connectivity index (χ2v) is 6.55. The molecule has 0 unspecified atom stereocenters. The van der Waals surface area contributed by atoms with Crippen molar-refractivity contribution in [2.24, 2.45) is 0 Å². The van der Waals surface area contributed by atoms with Gasteiger partial charge in [0.25, 0.3) is 11.8 Å². The van der Waals surface area contributed by atoms with E-state index >= 15 is 0 Å². The van der Waals surface area contributed by atoms with E-state index < -0.39 is 17.6 Å². The van der Waals surface area contributed by atoms with E-state index in [9.17, 15) is 14.0 Å². The molecule has 0 atom stereocenters. The van der Waals surface area contributed by atoms with Crippen LogP contribution in [-0.4, -0.2) is 16.8 Å². The number of amides is 2. The molecule has 0 spiro atoms. The summed E-state index contributed by atoms with van der Waals surface area (Å²) >= 11 is 12.2. The van der Waals surface area contributed by atoms with Gasteiger partial charge in [0.1, 0.15) is 15.3 Å². The fraction of sp³-hybridized carbons (Fsp3) is 0. The van der Waals surface area contributed by atoms with Crippen molar-refractivity contribution < 1.29 is 14.0 Å². The van der Waals surface area contributed by atoms with Crippen LogP contribution in [0.1, 0.15) is 20.0 Å². The van der Waals surface area contributed by atoms with E-state index in [-0.39, 0.29) is 20.1 Å². The normalized spacial score (nSPS) is 10.6. The zero-order valence-electron chi connectivity index (χ0n) is 11.9. The highest BCUT2D eigenvalue weighted by Crippen LogP contribution is 2.35. The van der Waals surface area contributed by atoms with Gasteiger partial charge in [-0.2, -0.15) is 0 Å². The van der Waals surface area contributed by atoms with Gasteiger partial charge in [0.15, 0.2) is 0 Å². The molecule has 2 aromatic heterocycles. The number of rotatable bonds is 2. The van der Waals surface area contributed by atoms with Crippen LogP contribution in [0, 0.1) is 10.5 Å². The van der Waals surface area contributed by atoms with Crippen LogP contribution >= 0.6 is 35.2 Å². The molecular formula is C15H9ClFN3O2S2. The first-order valence-electron chi connectivity index (χ1n) is 6.63. The topological polar surface area (TPSA) is 74.0 Å². The zero-order chi connectivity index (χ0) is 17.3. The van der Waals surface area contributed by atoms with Gasteiger partial charge in [0, 0.05) is 16.3 Å². The summed E-state index contributed by atoms with van der Waals surface area (Å²) in [6.45, 7) is 0. The molecule has 5 nitrogen and oxygen atoms in total. The summed E-state index contributed by atoms with van der Waals surface area (Å²) in [4.78, 5) is 27.1. The molecule has 0 aliphatic rings. The third-order valence-corrected chi connectivity index (χ3v) is 5.14. The van der Waals surface area contributed by atoms with Crippen molar-refractivity contribution in [3.05, 3.63) is 62.4 Å². The van der Waals surface area contributed by atoms with E-state index in [1.54, 1.807) is 12.3 Å². The van der Waals surface area contributed by atoms with Crippen LogP contribution in [-0.2, 0) is 0 Å². The molecule has 24 heavy (non-hydrogen) atoms. The third-order valence-electron chi connectivity index (χ3n) is 3.15. The van der Waals surface area contributed by atoms with Gasteiger partial charge in [-0.05, 0) is 30.3 Å². The van der Waals surface area contributed by atoms with E-state index in [0.717, 1.165) is 11.3 Å². The van der Waals surface area contributed by atoms with Crippen LogP contribution in [0.2, 0.25) is 5.02 Å². The van der Waals surface area contributed by atoms with Gasteiger partial charge in [-0.1, -0.05) is 23.8 Å². The van der Waals surface area contributed by atoms with Gasteiger partial charge in [-0.3, -0.25) is 20.4 Å². The number of hydrogen-bond acceptors (Lipinski definition) is 4. The number of carbonyl (C=O) groups excluding carboxylic acids is 2. The molecule has 0 radical (unpaired) electrons. The van der Waals surface area contributed by atoms with E-state index in [0.29, 0.717) is 10.1 Å². The largest absolute Gasteiger partial charge is 0.352 e. The minimum atomic E-state index is -0.596. The SMILES string of the molecule is O=C(NNC(=O)c1ccc[nH]c1=S)c1sc2cc(F)ccc2c1Cl. The molecule has 0 saturated carbocycles. The summed E-state index contributed by atoms with van der Waals surface area (Å²) in [5, 5.41) is 0.781. The van der Waals surface area contributed by atoms with Crippen molar-refractivity contribution in [1.82, 2.24) is 15.8 Å². The van der Waals surface area contributed by atoms with Gasteiger partial charge in [-0.15, -0.1) is 11.3 Å². The van der Waals surface area contributed by atoms with E-state index in [4.69, 9.17) is 23.8 Å². The average molecular weight is 382 g/mol. The lowest BCUT2D eigenvalue weighted by molar-refractivity contribution is 0.0848. The monoisotopic (exact) mass is 381 g/mol. The third kappa shape index (κ3) is 3.16. The van der Waals surface area contributed by atoms with Crippen LogP contribution in [0.4, 0.5) is 4.39 Å². The summed E-state index contributed by atoms with van der Waals surface area (Å²) in [5.41, 5.74) is 4.76. The van der Waals surface area contributed by atoms with Gasteiger partial charge in [0.2, 0.25) is 0 Å². The molecule has 0 aliphatic carbocycles. The van der Waals surface area contributed by atoms with Crippen LogP contribution in [0.15, 0.2) is 36.5 Å². The Morgan fingerprint density at radius 3 is 2.71 bits per heavy atom. The molecule has 2 heterocycles. The lowest BCUT2D eigenvalue weighted by Gasteiger charge is -2.06. The Bertz CT molecular complexity index is 1020. The molecule has 0 aliphatic heterocycles. The maximum atomic E-state index is 13.3. The summed E-state index contributed by atoms with van der Waals surface area (Å²) in [6.07, 6.45) is 1.59. The molecule has 2 amide bonds. The molecule has 9 heteroatoms. The molecule has 122 valence electrons. The maximum absolute atomic E-state index is 13.3. The first kappa shape index (κ1) is 16.6. The first-order chi connectivity index (χ1) is 11.5. The van der Waals surface area contributed by atoms with Gasteiger partial charge in [0.05, 0.1) is 10.6 Å². The second kappa shape index (κ2) is 6.68. The number of thiophene rings is 1. The van der Waals surface area contributed by atoms with Crippen molar-refractivity contribution in [3.63, 3.8) is 0 Å². The number of pyridine rings is 1. The molecule has 0 bridgehead atoms. The van der Waals surface area contributed by atoms with Crippen LogP contribution < -0.4 is 10.9 Å². The predicted octanol–water partition coefficient (Wildman–Crippen LogP) is 3.83. The number of H-pyrrole nitrogens is 1. The minimum Gasteiger partial charge on any atom is -0.352 e. The molecule has 3 rings (SSSR count). The van der Waals surface area contributed by atoms with E-state index in [2.05, 4.69) is 15.8 Å². The van der Waals surface area contributed by atoms with Crippen LogP contribution in [0.25, 0.3) is 10.1 Å². The second-order valence-electron chi connectivity index (χ2n) is 4.71.